The smallest absolute Gasteiger partial charge is 0.274 e. The molecule has 0 saturated heterocycles. The summed E-state index contributed by atoms with van der Waals surface area (Å²) < 4.78 is 5.35. The first-order valence-electron chi connectivity index (χ1n) is 8.54. The normalized spacial score (nSPS) is 10.3. The van der Waals surface area contributed by atoms with Crippen LogP contribution in [-0.2, 0) is 6.42 Å². The van der Waals surface area contributed by atoms with Crippen molar-refractivity contribution in [1.29, 1.82) is 0 Å². The molecule has 0 aliphatic heterocycles. The predicted molar refractivity (Wildman–Crippen MR) is 109 cm³/mol. The van der Waals surface area contributed by atoms with Gasteiger partial charge >= 0.3 is 0 Å². The Balaban J connectivity index is 1.54. The molecule has 27 heavy (non-hydrogen) atoms. The number of halogens is 1. The van der Waals surface area contributed by atoms with Crippen molar-refractivity contribution in [2.75, 3.05) is 24.3 Å². The van der Waals surface area contributed by atoms with Crippen LogP contribution in [-0.4, -0.2) is 24.5 Å². The lowest BCUT2D eigenvalue weighted by atomic mass is 10.1. The Kier molecular flexibility index (Phi) is 6.28. The summed E-state index contributed by atoms with van der Waals surface area (Å²) in [7, 11) is 1.67. The molecule has 0 bridgehead atoms. The van der Waals surface area contributed by atoms with E-state index >= 15 is 0 Å². The number of nitrogens with zero attached hydrogens (tertiary/aromatic N) is 1. The van der Waals surface area contributed by atoms with Crippen molar-refractivity contribution in [3.63, 3.8) is 0 Å². The van der Waals surface area contributed by atoms with E-state index in [0.717, 1.165) is 30.0 Å². The number of pyridine rings is 1. The fourth-order valence-corrected chi connectivity index (χ4v) is 2.84. The zero-order valence-corrected chi connectivity index (χ0v) is 15.7. The van der Waals surface area contributed by atoms with Gasteiger partial charge in [0, 0.05) is 17.3 Å². The van der Waals surface area contributed by atoms with Crippen molar-refractivity contribution < 1.29 is 9.53 Å². The minimum atomic E-state index is -0.280. The van der Waals surface area contributed by atoms with Crippen molar-refractivity contribution >= 4 is 28.9 Å². The molecule has 2 aromatic carbocycles. The molecule has 2 N–H and O–H groups in total. The van der Waals surface area contributed by atoms with E-state index in [0.29, 0.717) is 16.4 Å². The van der Waals surface area contributed by atoms with Gasteiger partial charge in [-0.3, -0.25) is 4.79 Å². The second-order valence-electron chi connectivity index (χ2n) is 5.89. The van der Waals surface area contributed by atoms with Crippen molar-refractivity contribution in [2.45, 2.75) is 6.42 Å². The Labute approximate surface area is 163 Å². The highest BCUT2D eigenvalue weighted by atomic mass is 35.5. The Morgan fingerprint density at radius 2 is 1.93 bits per heavy atom. The van der Waals surface area contributed by atoms with Crippen LogP contribution in [0.2, 0.25) is 5.02 Å². The van der Waals surface area contributed by atoms with Gasteiger partial charge in [-0.15, -0.1) is 0 Å². The molecule has 0 aliphatic rings. The van der Waals surface area contributed by atoms with Crippen LogP contribution in [0.3, 0.4) is 0 Å². The third-order valence-electron chi connectivity index (χ3n) is 3.99. The van der Waals surface area contributed by atoms with Crippen LogP contribution in [0.5, 0.6) is 5.75 Å². The summed E-state index contributed by atoms with van der Waals surface area (Å²) in [5.74, 6) is 0.600. The minimum Gasteiger partial charge on any atom is -0.496 e. The van der Waals surface area contributed by atoms with Gasteiger partial charge in [0.15, 0.2) is 0 Å². The van der Waals surface area contributed by atoms with E-state index in [1.54, 1.807) is 43.6 Å². The number of carbonyl (C=O) groups excluding carboxylic acids is 1. The summed E-state index contributed by atoms with van der Waals surface area (Å²) in [6, 6.07) is 18.4. The number of carbonyl (C=O) groups is 1. The van der Waals surface area contributed by atoms with E-state index in [1.807, 2.05) is 30.3 Å². The molecule has 6 heteroatoms. The minimum absolute atomic E-state index is 0.280. The SMILES string of the molecule is COc1ccccc1CCNc1ccc(C(=O)Nc2cccc(Cl)c2)nc1. The van der Waals surface area contributed by atoms with Gasteiger partial charge < -0.3 is 15.4 Å². The average molecular weight is 382 g/mol. The van der Waals surface area contributed by atoms with Gasteiger partial charge in [-0.25, -0.2) is 4.98 Å². The van der Waals surface area contributed by atoms with E-state index in [9.17, 15) is 4.79 Å². The molecule has 1 heterocycles. The highest BCUT2D eigenvalue weighted by Gasteiger charge is 2.08. The summed E-state index contributed by atoms with van der Waals surface area (Å²) in [6.45, 7) is 0.732. The molecular weight excluding hydrogens is 362 g/mol. The number of methoxy groups -OCH3 is 1. The van der Waals surface area contributed by atoms with Crippen LogP contribution in [0.25, 0.3) is 0 Å². The van der Waals surface area contributed by atoms with Crippen molar-refractivity contribution in [3.8, 4) is 5.75 Å². The fraction of sp³-hybridized carbons (Fsp3) is 0.143. The maximum absolute atomic E-state index is 12.3. The van der Waals surface area contributed by atoms with Crippen LogP contribution in [0, 0.1) is 0 Å². The summed E-state index contributed by atoms with van der Waals surface area (Å²) in [6.07, 6.45) is 2.47. The van der Waals surface area contributed by atoms with E-state index in [2.05, 4.69) is 15.6 Å². The molecule has 0 unspecified atom stereocenters. The van der Waals surface area contributed by atoms with Gasteiger partial charge in [0.2, 0.25) is 0 Å². The highest BCUT2D eigenvalue weighted by molar-refractivity contribution is 6.30. The van der Waals surface area contributed by atoms with Crippen LogP contribution in [0.15, 0.2) is 66.9 Å². The van der Waals surface area contributed by atoms with Gasteiger partial charge in [-0.1, -0.05) is 35.9 Å². The van der Waals surface area contributed by atoms with E-state index in [1.165, 1.54) is 0 Å². The molecule has 0 spiro atoms. The van der Waals surface area contributed by atoms with Crippen LogP contribution in [0.1, 0.15) is 16.1 Å². The summed E-state index contributed by atoms with van der Waals surface area (Å²) in [4.78, 5) is 16.5. The molecule has 0 radical (unpaired) electrons. The van der Waals surface area contributed by atoms with Crippen molar-refractivity contribution in [3.05, 3.63) is 83.1 Å². The number of para-hydroxylation sites is 1. The zero-order chi connectivity index (χ0) is 19.1. The van der Waals surface area contributed by atoms with E-state index < -0.39 is 0 Å². The average Bonchev–Trinajstić information content (AvgIpc) is 2.69. The second kappa shape index (κ2) is 9.05. The first kappa shape index (κ1) is 18.7. The molecular formula is C21H20ClN3O2. The molecule has 0 saturated carbocycles. The molecule has 3 aromatic rings. The number of hydrogen-bond donors (Lipinski definition) is 2. The van der Waals surface area contributed by atoms with Gasteiger partial charge in [0.05, 0.1) is 19.0 Å². The molecule has 1 amide bonds. The number of nitrogens with one attached hydrogen (secondary N) is 2. The van der Waals surface area contributed by atoms with Gasteiger partial charge in [-0.05, 0) is 48.4 Å². The second-order valence-corrected chi connectivity index (χ2v) is 6.32. The summed E-state index contributed by atoms with van der Waals surface area (Å²) >= 11 is 5.92. The van der Waals surface area contributed by atoms with Crippen LogP contribution in [0.4, 0.5) is 11.4 Å². The number of ether oxygens (including phenoxy) is 1. The number of rotatable bonds is 7. The first-order chi connectivity index (χ1) is 13.2. The maximum atomic E-state index is 12.3. The molecule has 0 atom stereocenters. The lowest BCUT2D eigenvalue weighted by molar-refractivity contribution is 0.102. The summed E-state index contributed by atoms with van der Waals surface area (Å²) in [5.41, 5.74) is 2.96. The largest absolute Gasteiger partial charge is 0.496 e. The third kappa shape index (κ3) is 5.21. The zero-order valence-electron chi connectivity index (χ0n) is 14.9. The quantitative estimate of drug-likeness (QED) is 0.625. The Morgan fingerprint density at radius 1 is 1.07 bits per heavy atom. The van der Waals surface area contributed by atoms with Gasteiger partial charge in [0.25, 0.3) is 5.91 Å². The van der Waals surface area contributed by atoms with Gasteiger partial charge in [0.1, 0.15) is 11.4 Å². The van der Waals surface area contributed by atoms with Crippen molar-refractivity contribution in [1.82, 2.24) is 4.98 Å². The number of benzene rings is 2. The standard InChI is InChI=1S/C21H20ClN3O2/c1-27-20-8-3-2-5-15(20)11-12-23-18-9-10-19(24-14-18)21(26)25-17-7-4-6-16(22)13-17/h2-10,13-14,23H,11-12H2,1H3,(H,25,26). The Bertz CT molecular complexity index is 913. The maximum Gasteiger partial charge on any atom is 0.274 e. The molecule has 3 rings (SSSR count). The summed E-state index contributed by atoms with van der Waals surface area (Å²) in [5, 5.41) is 6.64. The predicted octanol–water partition coefficient (Wildman–Crippen LogP) is 4.65. The van der Waals surface area contributed by atoms with Crippen LogP contribution < -0.4 is 15.4 Å². The van der Waals surface area contributed by atoms with Gasteiger partial charge in [-0.2, -0.15) is 0 Å². The number of amides is 1. The third-order valence-corrected chi connectivity index (χ3v) is 4.23. The van der Waals surface area contributed by atoms with E-state index in [-0.39, 0.29) is 5.91 Å². The first-order valence-corrected chi connectivity index (χ1v) is 8.92. The molecule has 5 nitrogen and oxygen atoms in total. The number of aromatic nitrogens is 1. The fourth-order valence-electron chi connectivity index (χ4n) is 2.65. The number of anilines is 2. The number of hydrogen-bond acceptors (Lipinski definition) is 4. The van der Waals surface area contributed by atoms with E-state index in [4.69, 9.17) is 16.3 Å². The molecule has 138 valence electrons. The lowest BCUT2D eigenvalue weighted by Gasteiger charge is -2.10. The molecule has 1 aromatic heterocycles. The topological polar surface area (TPSA) is 63.2 Å². The molecule has 0 aliphatic carbocycles. The monoisotopic (exact) mass is 381 g/mol. The van der Waals surface area contributed by atoms with Crippen LogP contribution >= 0.6 is 11.6 Å². The molecule has 0 fully saturated rings. The Morgan fingerprint density at radius 3 is 2.67 bits per heavy atom. The van der Waals surface area contributed by atoms with Crippen molar-refractivity contribution in [2.24, 2.45) is 0 Å². The highest BCUT2D eigenvalue weighted by Crippen LogP contribution is 2.18. The Hall–Kier alpha value is -3.05. The lowest BCUT2D eigenvalue weighted by Crippen LogP contribution is -2.14.